The van der Waals surface area contributed by atoms with E-state index in [1.807, 2.05) is 6.07 Å². The first-order valence-electron chi connectivity index (χ1n) is 7.43. The minimum atomic E-state index is 0.468. The Hall–Kier alpha value is -1.87. The van der Waals surface area contributed by atoms with Crippen LogP contribution in [0.15, 0.2) is 42.5 Å². The second-order valence-corrected chi connectivity index (χ2v) is 6.04. The van der Waals surface area contributed by atoms with Gasteiger partial charge in [0.2, 0.25) is 0 Å². The summed E-state index contributed by atoms with van der Waals surface area (Å²) in [5.41, 5.74) is 11.9. The molecule has 2 aromatic carbocycles. The Morgan fingerprint density at radius 2 is 1.95 bits per heavy atom. The van der Waals surface area contributed by atoms with Gasteiger partial charge in [0, 0.05) is 23.5 Å². The lowest BCUT2D eigenvalue weighted by molar-refractivity contribution is 0.761. The van der Waals surface area contributed by atoms with Crippen LogP contribution in [0.4, 0.5) is 11.4 Å². The van der Waals surface area contributed by atoms with Crippen molar-refractivity contribution in [3.8, 4) is 0 Å². The molecule has 0 fully saturated rings. The van der Waals surface area contributed by atoms with Gasteiger partial charge in [0.05, 0.1) is 0 Å². The van der Waals surface area contributed by atoms with Crippen LogP contribution in [0.2, 0.25) is 0 Å². The molecule has 0 unspecified atom stereocenters. The Morgan fingerprint density at radius 1 is 1.14 bits per heavy atom. The number of benzene rings is 2. The van der Waals surface area contributed by atoms with E-state index in [0.29, 0.717) is 4.99 Å². The molecule has 1 aliphatic rings. The van der Waals surface area contributed by atoms with E-state index in [1.54, 1.807) is 0 Å². The molecule has 0 radical (unpaired) electrons. The van der Waals surface area contributed by atoms with Crippen molar-refractivity contribution in [2.75, 3.05) is 11.4 Å². The molecule has 3 heteroatoms. The summed E-state index contributed by atoms with van der Waals surface area (Å²) in [5.74, 6) is 0. The molecular weight excluding hydrogens is 276 g/mol. The minimum absolute atomic E-state index is 0.468. The van der Waals surface area contributed by atoms with Crippen molar-refractivity contribution in [3.05, 3.63) is 59.2 Å². The van der Waals surface area contributed by atoms with Gasteiger partial charge in [-0.2, -0.15) is 0 Å². The number of hydrogen-bond acceptors (Lipinski definition) is 2. The van der Waals surface area contributed by atoms with Gasteiger partial charge in [0.1, 0.15) is 4.99 Å². The van der Waals surface area contributed by atoms with E-state index < -0.39 is 0 Å². The summed E-state index contributed by atoms with van der Waals surface area (Å²) in [5, 5.41) is 0. The summed E-state index contributed by atoms with van der Waals surface area (Å²) >= 11 is 5.10. The Kier molecular flexibility index (Phi) is 3.93. The Balaban J connectivity index is 2.04. The standard InChI is InChI=1S/C18H20N2S/c1-13-12-15(9-10-16(13)18(19)21)20-11-5-4-7-14-6-2-3-8-17(14)20/h2-3,6,8-10,12H,4-5,7,11H2,1H3,(H2,19,21). The number of aryl methyl sites for hydroxylation is 2. The van der Waals surface area contributed by atoms with Gasteiger partial charge in [-0.1, -0.05) is 30.4 Å². The Morgan fingerprint density at radius 3 is 2.71 bits per heavy atom. The highest BCUT2D eigenvalue weighted by molar-refractivity contribution is 7.80. The number of rotatable bonds is 2. The van der Waals surface area contributed by atoms with Crippen LogP contribution in [0.5, 0.6) is 0 Å². The first-order chi connectivity index (χ1) is 10.2. The fourth-order valence-corrected chi connectivity index (χ4v) is 3.28. The summed E-state index contributed by atoms with van der Waals surface area (Å²) in [4.78, 5) is 2.88. The molecule has 108 valence electrons. The zero-order valence-corrected chi connectivity index (χ0v) is 13.1. The number of para-hydroxylation sites is 1. The van der Waals surface area contributed by atoms with Gasteiger partial charge in [0.15, 0.2) is 0 Å². The smallest absolute Gasteiger partial charge is 0.104 e. The lowest BCUT2D eigenvalue weighted by Crippen LogP contribution is -2.19. The van der Waals surface area contributed by atoms with E-state index >= 15 is 0 Å². The number of nitrogens with two attached hydrogens (primary N) is 1. The van der Waals surface area contributed by atoms with Crippen LogP contribution in [0.25, 0.3) is 0 Å². The fraction of sp³-hybridized carbons (Fsp3) is 0.278. The second kappa shape index (κ2) is 5.86. The topological polar surface area (TPSA) is 29.3 Å². The molecule has 0 saturated heterocycles. The molecule has 2 nitrogen and oxygen atoms in total. The van der Waals surface area contributed by atoms with Crippen molar-refractivity contribution in [3.63, 3.8) is 0 Å². The van der Waals surface area contributed by atoms with Crippen LogP contribution in [0.1, 0.15) is 29.5 Å². The number of hydrogen-bond donors (Lipinski definition) is 1. The molecule has 21 heavy (non-hydrogen) atoms. The summed E-state index contributed by atoms with van der Waals surface area (Å²) < 4.78 is 0. The van der Waals surface area contributed by atoms with E-state index in [9.17, 15) is 0 Å². The van der Waals surface area contributed by atoms with Crippen LogP contribution < -0.4 is 10.6 Å². The van der Waals surface area contributed by atoms with E-state index in [0.717, 1.165) is 24.1 Å². The number of anilines is 2. The van der Waals surface area contributed by atoms with Crippen LogP contribution in [0, 0.1) is 6.92 Å². The second-order valence-electron chi connectivity index (χ2n) is 5.60. The van der Waals surface area contributed by atoms with E-state index in [4.69, 9.17) is 18.0 Å². The summed E-state index contributed by atoms with van der Waals surface area (Å²) in [6.07, 6.45) is 3.62. The maximum Gasteiger partial charge on any atom is 0.104 e. The van der Waals surface area contributed by atoms with Gasteiger partial charge < -0.3 is 10.6 Å². The van der Waals surface area contributed by atoms with Crippen LogP contribution >= 0.6 is 12.2 Å². The largest absolute Gasteiger partial charge is 0.389 e. The van der Waals surface area contributed by atoms with Gasteiger partial charge in [0.25, 0.3) is 0 Å². The van der Waals surface area contributed by atoms with Gasteiger partial charge in [-0.05, 0) is 61.6 Å². The van der Waals surface area contributed by atoms with Crippen molar-refractivity contribution in [2.45, 2.75) is 26.2 Å². The molecule has 0 atom stereocenters. The molecule has 0 bridgehead atoms. The average Bonchev–Trinajstić information content (AvgIpc) is 2.69. The van der Waals surface area contributed by atoms with Gasteiger partial charge in [-0.15, -0.1) is 0 Å². The predicted octanol–water partition coefficient (Wildman–Crippen LogP) is 4.10. The molecule has 2 N–H and O–H groups in total. The number of fused-ring (bicyclic) bond motifs is 1. The van der Waals surface area contributed by atoms with Crippen molar-refractivity contribution >= 4 is 28.6 Å². The Labute approximate surface area is 131 Å². The number of thiocarbonyl (C=S) groups is 1. The SMILES string of the molecule is Cc1cc(N2CCCCc3ccccc32)ccc1C(N)=S. The maximum atomic E-state index is 5.76. The van der Waals surface area contributed by atoms with E-state index in [1.165, 1.54) is 29.8 Å². The lowest BCUT2D eigenvalue weighted by Gasteiger charge is -2.26. The molecule has 1 heterocycles. The van der Waals surface area contributed by atoms with Crippen LogP contribution in [-0.2, 0) is 6.42 Å². The first kappa shape index (κ1) is 14.1. The molecule has 0 saturated carbocycles. The third-order valence-electron chi connectivity index (χ3n) is 4.15. The van der Waals surface area contributed by atoms with Crippen molar-refractivity contribution < 1.29 is 0 Å². The molecule has 2 aromatic rings. The minimum Gasteiger partial charge on any atom is -0.389 e. The molecule has 0 aliphatic carbocycles. The molecule has 1 aliphatic heterocycles. The zero-order valence-electron chi connectivity index (χ0n) is 12.3. The molecule has 0 spiro atoms. The Bertz CT molecular complexity index is 679. The predicted molar refractivity (Wildman–Crippen MR) is 93.5 cm³/mol. The normalized spacial score (nSPS) is 14.4. The summed E-state index contributed by atoms with van der Waals surface area (Å²) in [6.45, 7) is 3.13. The van der Waals surface area contributed by atoms with E-state index in [-0.39, 0.29) is 0 Å². The maximum absolute atomic E-state index is 5.76. The highest BCUT2D eigenvalue weighted by Gasteiger charge is 2.17. The number of nitrogens with zero attached hydrogens (tertiary/aromatic N) is 1. The van der Waals surface area contributed by atoms with Crippen LogP contribution in [-0.4, -0.2) is 11.5 Å². The average molecular weight is 296 g/mol. The third-order valence-corrected chi connectivity index (χ3v) is 4.37. The third kappa shape index (κ3) is 2.79. The first-order valence-corrected chi connectivity index (χ1v) is 7.83. The summed E-state index contributed by atoms with van der Waals surface area (Å²) in [7, 11) is 0. The van der Waals surface area contributed by atoms with Crippen molar-refractivity contribution in [2.24, 2.45) is 5.73 Å². The van der Waals surface area contributed by atoms with Crippen molar-refractivity contribution in [1.82, 2.24) is 0 Å². The molecule has 0 aromatic heterocycles. The lowest BCUT2D eigenvalue weighted by atomic mass is 10.1. The molecule has 3 rings (SSSR count). The van der Waals surface area contributed by atoms with Gasteiger partial charge >= 0.3 is 0 Å². The van der Waals surface area contributed by atoms with Gasteiger partial charge in [-0.25, -0.2) is 0 Å². The monoisotopic (exact) mass is 296 g/mol. The fourth-order valence-electron chi connectivity index (χ4n) is 3.05. The highest BCUT2D eigenvalue weighted by atomic mass is 32.1. The zero-order chi connectivity index (χ0) is 14.8. The molecule has 0 amide bonds. The highest BCUT2D eigenvalue weighted by Crippen LogP contribution is 2.33. The van der Waals surface area contributed by atoms with E-state index in [2.05, 4.69) is 48.2 Å². The van der Waals surface area contributed by atoms with Crippen LogP contribution in [0.3, 0.4) is 0 Å². The van der Waals surface area contributed by atoms with Gasteiger partial charge in [-0.3, -0.25) is 0 Å². The van der Waals surface area contributed by atoms with Crippen molar-refractivity contribution in [1.29, 1.82) is 0 Å². The quantitative estimate of drug-likeness (QED) is 0.846. The molecular formula is C18H20N2S. The summed E-state index contributed by atoms with van der Waals surface area (Å²) in [6, 6.07) is 15.1.